The Morgan fingerprint density at radius 1 is 1.27 bits per heavy atom. The number of nitrogens with one attached hydrogen (secondary N) is 1. The van der Waals surface area contributed by atoms with Gasteiger partial charge in [-0.3, -0.25) is 9.59 Å². The van der Waals surface area contributed by atoms with Crippen LogP contribution in [0.25, 0.3) is 0 Å². The fourth-order valence-corrected chi connectivity index (χ4v) is 3.14. The van der Waals surface area contributed by atoms with E-state index < -0.39 is 0 Å². The van der Waals surface area contributed by atoms with Gasteiger partial charge in [-0.2, -0.15) is 0 Å². The molecule has 2 amide bonds. The number of amides is 2. The molecular formula is C17H23N5O3S. The molecule has 1 aromatic heterocycles. The number of carbonyl (C=O) groups is 2. The van der Waals surface area contributed by atoms with Gasteiger partial charge in [0.1, 0.15) is 11.6 Å². The molecule has 0 saturated carbocycles. The predicted molar refractivity (Wildman–Crippen MR) is 98.8 cm³/mol. The van der Waals surface area contributed by atoms with Crippen LogP contribution in [0.3, 0.4) is 0 Å². The van der Waals surface area contributed by atoms with Crippen LogP contribution in [0.1, 0.15) is 24.7 Å². The second-order valence-electron chi connectivity index (χ2n) is 5.52. The van der Waals surface area contributed by atoms with E-state index in [1.807, 2.05) is 35.8 Å². The number of hydrogen-bond donors (Lipinski definition) is 2. The standard InChI is InChI=1S/C17H23N5O3S/c1-3-22-15(9-8-14(18)23)20-21-17(22)26-11-16(24)19-10-12-4-6-13(25-2)7-5-12/h4-7H,3,8-11H2,1-2H3,(H2,18,23)(H,19,24). The predicted octanol–water partition coefficient (Wildman–Crippen LogP) is 1.13. The van der Waals surface area contributed by atoms with E-state index in [2.05, 4.69) is 15.5 Å². The number of methoxy groups -OCH3 is 1. The van der Waals surface area contributed by atoms with Gasteiger partial charge in [-0.25, -0.2) is 0 Å². The maximum Gasteiger partial charge on any atom is 0.230 e. The van der Waals surface area contributed by atoms with Crippen molar-refractivity contribution in [2.75, 3.05) is 12.9 Å². The number of nitrogens with zero attached hydrogens (tertiary/aromatic N) is 3. The Labute approximate surface area is 156 Å². The quantitative estimate of drug-likeness (QED) is 0.600. The number of aryl methyl sites for hydroxylation is 1. The Kier molecular flexibility index (Phi) is 7.46. The minimum atomic E-state index is -0.372. The van der Waals surface area contributed by atoms with Crippen molar-refractivity contribution in [3.8, 4) is 5.75 Å². The number of rotatable bonds is 10. The molecule has 0 saturated heterocycles. The number of thioether (sulfide) groups is 1. The van der Waals surface area contributed by atoms with Gasteiger partial charge in [0, 0.05) is 25.9 Å². The van der Waals surface area contributed by atoms with E-state index in [1.165, 1.54) is 11.8 Å². The molecular weight excluding hydrogens is 354 g/mol. The number of hydrogen-bond acceptors (Lipinski definition) is 6. The molecule has 0 aliphatic carbocycles. The van der Waals surface area contributed by atoms with Gasteiger partial charge >= 0.3 is 0 Å². The molecule has 0 aliphatic heterocycles. The van der Waals surface area contributed by atoms with Gasteiger partial charge < -0.3 is 20.4 Å². The van der Waals surface area contributed by atoms with E-state index >= 15 is 0 Å². The summed E-state index contributed by atoms with van der Waals surface area (Å²) >= 11 is 1.32. The minimum absolute atomic E-state index is 0.0878. The van der Waals surface area contributed by atoms with Crippen LogP contribution in [0.15, 0.2) is 29.4 Å². The lowest BCUT2D eigenvalue weighted by Gasteiger charge is -2.08. The third-order valence-corrected chi connectivity index (χ3v) is 4.65. The van der Waals surface area contributed by atoms with Crippen LogP contribution in [0.5, 0.6) is 5.75 Å². The van der Waals surface area contributed by atoms with Crippen LogP contribution >= 0.6 is 11.8 Å². The Balaban J connectivity index is 1.83. The lowest BCUT2D eigenvalue weighted by Crippen LogP contribution is -2.24. The number of primary amides is 1. The van der Waals surface area contributed by atoms with Gasteiger partial charge in [0.05, 0.1) is 12.9 Å². The summed E-state index contributed by atoms with van der Waals surface area (Å²) in [6.45, 7) is 3.08. The number of ether oxygens (including phenoxy) is 1. The monoisotopic (exact) mass is 377 g/mol. The normalized spacial score (nSPS) is 10.5. The average molecular weight is 377 g/mol. The van der Waals surface area contributed by atoms with Crippen LogP contribution in [0.2, 0.25) is 0 Å². The summed E-state index contributed by atoms with van der Waals surface area (Å²) in [5.74, 6) is 1.26. The molecule has 9 heteroatoms. The second kappa shape index (κ2) is 9.81. The molecule has 0 unspecified atom stereocenters. The maximum atomic E-state index is 12.1. The topological polar surface area (TPSA) is 112 Å². The first kappa shape index (κ1) is 19.8. The van der Waals surface area contributed by atoms with Crippen molar-refractivity contribution in [1.29, 1.82) is 0 Å². The van der Waals surface area contributed by atoms with Crippen molar-refractivity contribution in [2.45, 2.75) is 38.0 Å². The Morgan fingerprint density at radius 3 is 2.62 bits per heavy atom. The number of nitrogens with two attached hydrogens (primary N) is 1. The van der Waals surface area contributed by atoms with Crippen molar-refractivity contribution in [2.24, 2.45) is 5.73 Å². The van der Waals surface area contributed by atoms with E-state index in [4.69, 9.17) is 10.5 Å². The molecule has 1 aromatic carbocycles. The molecule has 26 heavy (non-hydrogen) atoms. The Hall–Kier alpha value is -2.55. The van der Waals surface area contributed by atoms with Crippen molar-refractivity contribution < 1.29 is 14.3 Å². The molecule has 0 radical (unpaired) electrons. The molecule has 1 heterocycles. The largest absolute Gasteiger partial charge is 0.497 e. The molecule has 0 fully saturated rings. The van der Waals surface area contributed by atoms with Gasteiger partial charge in [-0.15, -0.1) is 10.2 Å². The Bertz CT molecular complexity index is 745. The van der Waals surface area contributed by atoms with Gasteiger partial charge in [-0.1, -0.05) is 23.9 Å². The van der Waals surface area contributed by atoms with Crippen LogP contribution in [-0.4, -0.2) is 39.4 Å². The van der Waals surface area contributed by atoms with Crippen LogP contribution in [0, 0.1) is 0 Å². The summed E-state index contributed by atoms with van der Waals surface area (Å²) in [5.41, 5.74) is 6.17. The summed E-state index contributed by atoms with van der Waals surface area (Å²) in [6, 6.07) is 7.52. The van der Waals surface area contributed by atoms with Crippen LogP contribution in [0.4, 0.5) is 0 Å². The molecule has 0 aliphatic rings. The first-order chi connectivity index (χ1) is 12.5. The zero-order valence-electron chi connectivity index (χ0n) is 14.9. The van der Waals surface area contributed by atoms with E-state index in [1.54, 1.807) is 7.11 Å². The highest BCUT2D eigenvalue weighted by Crippen LogP contribution is 2.17. The Morgan fingerprint density at radius 2 is 2.00 bits per heavy atom. The SMILES string of the molecule is CCn1c(CCC(N)=O)nnc1SCC(=O)NCc1ccc(OC)cc1. The first-order valence-electron chi connectivity index (χ1n) is 8.26. The third-order valence-electron chi connectivity index (χ3n) is 3.69. The molecule has 0 bridgehead atoms. The number of benzene rings is 1. The highest BCUT2D eigenvalue weighted by atomic mass is 32.2. The summed E-state index contributed by atoms with van der Waals surface area (Å²) < 4.78 is 7.00. The lowest BCUT2D eigenvalue weighted by molar-refractivity contribution is -0.119. The third kappa shape index (κ3) is 5.76. The zero-order chi connectivity index (χ0) is 18.9. The summed E-state index contributed by atoms with van der Waals surface area (Å²) in [7, 11) is 1.61. The lowest BCUT2D eigenvalue weighted by atomic mass is 10.2. The van der Waals surface area contributed by atoms with Crippen molar-refractivity contribution >= 4 is 23.6 Å². The molecule has 140 valence electrons. The van der Waals surface area contributed by atoms with Crippen molar-refractivity contribution in [3.05, 3.63) is 35.7 Å². The van der Waals surface area contributed by atoms with E-state index in [0.717, 1.165) is 11.3 Å². The van der Waals surface area contributed by atoms with E-state index in [9.17, 15) is 9.59 Å². The fraction of sp³-hybridized carbons (Fsp3) is 0.412. The highest BCUT2D eigenvalue weighted by Gasteiger charge is 2.13. The molecule has 3 N–H and O–H groups in total. The van der Waals surface area contributed by atoms with E-state index in [-0.39, 0.29) is 24.0 Å². The smallest absolute Gasteiger partial charge is 0.230 e. The first-order valence-corrected chi connectivity index (χ1v) is 9.24. The van der Waals surface area contributed by atoms with Crippen LogP contribution in [-0.2, 0) is 29.1 Å². The van der Waals surface area contributed by atoms with Gasteiger partial charge in [0.15, 0.2) is 5.16 Å². The van der Waals surface area contributed by atoms with Gasteiger partial charge in [0.2, 0.25) is 11.8 Å². The summed E-state index contributed by atoms with van der Waals surface area (Å²) in [4.78, 5) is 23.0. The average Bonchev–Trinajstić information content (AvgIpc) is 3.05. The molecule has 0 atom stereocenters. The molecule has 0 spiro atoms. The highest BCUT2D eigenvalue weighted by molar-refractivity contribution is 7.99. The van der Waals surface area contributed by atoms with Crippen molar-refractivity contribution in [1.82, 2.24) is 20.1 Å². The molecule has 8 nitrogen and oxygen atoms in total. The molecule has 2 aromatic rings. The minimum Gasteiger partial charge on any atom is -0.497 e. The fourth-order valence-electron chi connectivity index (χ4n) is 2.29. The second-order valence-corrected chi connectivity index (χ2v) is 6.47. The van der Waals surface area contributed by atoms with E-state index in [0.29, 0.717) is 30.5 Å². The molecule has 2 rings (SSSR count). The van der Waals surface area contributed by atoms with Gasteiger partial charge in [-0.05, 0) is 24.6 Å². The zero-order valence-corrected chi connectivity index (χ0v) is 15.7. The van der Waals surface area contributed by atoms with Crippen molar-refractivity contribution in [3.63, 3.8) is 0 Å². The van der Waals surface area contributed by atoms with Crippen LogP contribution < -0.4 is 15.8 Å². The van der Waals surface area contributed by atoms with Gasteiger partial charge in [0.25, 0.3) is 0 Å². The number of aromatic nitrogens is 3. The summed E-state index contributed by atoms with van der Waals surface area (Å²) in [6.07, 6.45) is 0.672. The maximum absolute atomic E-state index is 12.1. The number of carbonyl (C=O) groups excluding carboxylic acids is 2. The summed E-state index contributed by atoms with van der Waals surface area (Å²) in [5, 5.41) is 11.7.